The number of phenolic OH excluding ortho intramolecular Hbond substituents is 1. The maximum atomic E-state index is 14.0. The number of carbonyl (C=O) groups is 4. The predicted octanol–water partition coefficient (Wildman–Crippen LogP) is 4.01. The summed E-state index contributed by atoms with van der Waals surface area (Å²) in [6.07, 6.45) is -3.61. The summed E-state index contributed by atoms with van der Waals surface area (Å²) in [5.74, 6) is -2.55. The van der Waals surface area contributed by atoms with Crippen LogP contribution in [0.25, 0.3) is 0 Å². The Balaban J connectivity index is 1.22. The van der Waals surface area contributed by atoms with Crippen LogP contribution in [0, 0.1) is 0 Å². The number of alkyl halides is 3. The molecular weight excluding hydrogens is 733 g/mol. The summed E-state index contributed by atoms with van der Waals surface area (Å²) in [7, 11) is 1.84. The number of halogens is 4. The summed E-state index contributed by atoms with van der Waals surface area (Å²) in [5, 5.41) is 21.7. The maximum absolute atomic E-state index is 14.0. The van der Waals surface area contributed by atoms with Gasteiger partial charge in [-0.25, -0.2) is 4.79 Å². The van der Waals surface area contributed by atoms with Crippen LogP contribution in [0.4, 0.5) is 23.7 Å². The average Bonchev–Trinajstić information content (AvgIpc) is 3.16. The van der Waals surface area contributed by atoms with E-state index in [-0.39, 0.29) is 37.3 Å². The number of piperazine rings is 1. The Morgan fingerprint density at radius 3 is 2.28 bits per heavy atom. The smallest absolute Gasteiger partial charge is 0.420 e. The molecule has 3 saturated heterocycles. The highest BCUT2D eigenvalue weighted by Crippen LogP contribution is 2.40. The van der Waals surface area contributed by atoms with Crippen LogP contribution in [-0.4, -0.2) is 150 Å². The molecule has 1 atom stereocenters. The van der Waals surface area contributed by atoms with Crippen molar-refractivity contribution in [3.63, 3.8) is 0 Å². The molecule has 0 bridgehead atoms. The summed E-state index contributed by atoms with van der Waals surface area (Å²) >= 11 is 5.98. The highest BCUT2D eigenvalue weighted by molar-refractivity contribution is 6.32. The average molecular weight is 781 g/mol. The molecule has 3 aliphatic rings. The van der Waals surface area contributed by atoms with E-state index in [1.807, 2.05) is 36.2 Å². The zero-order chi connectivity index (χ0) is 39.0. The van der Waals surface area contributed by atoms with Gasteiger partial charge >= 0.3 is 18.2 Å². The summed E-state index contributed by atoms with van der Waals surface area (Å²) < 4.78 is 47.1. The van der Waals surface area contributed by atoms with Crippen molar-refractivity contribution < 1.29 is 47.3 Å². The van der Waals surface area contributed by atoms with Crippen molar-refractivity contribution in [2.45, 2.75) is 62.9 Å². The number of amides is 3. The fourth-order valence-corrected chi connectivity index (χ4v) is 7.90. The van der Waals surface area contributed by atoms with Gasteiger partial charge in [0.1, 0.15) is 5.75 Å². The fraction of sp³-hybridized carbons (Fsp3) is 0.568. The number of anilines is 1. The number of rotatable bonds is 13. The van der Waals surface area contributed by atoms with Gasteiger partial charge in [0.2, 0.25) is 6.41 Å². The number of nitrogens with one attached hydrogen (secondary N) is 1. The van der Waals surface area contributed by atoms with Crippen LogP contribution in [0.2, 0.25) is 5.02 Å². The Bertz CT molecular complexity index is 1630. The third-order valence-electron chi connectivity index (χ3n) is 10.7. The SMILES string of the molecule is CNc1ccccc1CCN(C=O)C1CCN(C(=O)O[C@H](Cc2cc(Cl)c(O)c(C(F)(F)F)c2)C(=O)N2CCN(C3CCN(CC(=O)O)CC3)CC2)CC1. The molecule has 5 rings (SSSR count). The van der Waals surface area contributed by atoms with E-state index in [1.165, 1.54) is 4.90 Å². The van der Waals surface area contributed by atoms with Gasteiger partial charge in [-0.1, -0.05) is 29.8 Å². The van der Waals surface area contributed by atoms with Gasteiger partial charge in [-0.2, -0.15) is 13.2 Å². The predicted molar refractivity (Wildman–Crippen MR) is 194 cm³/mol. The van der Waals surface area contributed by atoms with Crippen LogP contribution in [0.5, 0.6) is 5.75 Å². The molecule has 54 heavy (non-hydrogen) atoms. The number of likely N-dealkylation sites (tertiary alicyclic amines) is 2. The number of hydrogen-bond donors (Lipinski definition) is 3. The quantitative estimate of drug-likeness (QED) is 0.255. The fourth-order valence-electron chi connectivity index (χ4n) is 7.66. The molecule has 2 aromatic carbocycles. The number of benzene rings is 2. The first-order chi connectivity index (χ1) is 25.8. The number of carboxylic acid groups (broad SMARTS) is 1. The molecular formula is C37H48ClF3N6O7. The lowest BCUT2D eigenvalue weighted by Gasteiger charge is -2.43. The van der Waals surface area contributed by atoms with Gasteiger partial charge in [-0.3, -0.25) is 24.2 Å². The minimum atomic E-state index is -4.92. The zero-order valence-corrected chi connectivity index (χ0v) is 31.0. The Kier molecular flexibility index (Phi) is 13.9. The number of phenols is 1. The van der Waals surface area contributed by atoms with E-state index in [0.29, 0.717) is 71.1 Å². The molecule has 17 heteroatoms. The summed E-state index contributed by atoms with van der Waals surface area (Å²) in [6.45, 7) is 3.94. The van der Waals surface area contributed by atoms with Crippen LogP contribution in [0.3, 0.4) is 0 Å². The lowest BCUT2D eigenvalue weighted by atomic mass is 10.0. The first-order valence-electron chi connectivity index (χ1n) is 18.2. The Hall–Kier alpha value is -4.28. The molecule has 0 aliphatic carbocycles. The van der Waals surface area contributed by atoms with Gasteiger partial charge in [-0.05, 0) is 61.4 Å². The molecule has 3 N–H and O–H groups in total. The standard InChI is InChI=1S/C37H48ClF3N6O7/c1-42-31-5-3-2-4-26(31)6-13-47(24-48)28-9-14-46(15-10-28)36(53)54-32(22-25-20-29(37(39,40)41)34(51)30(38)21-25)35(52)45-18-16-44(17-19-45)27-7-11-43(12-8-27)23-33(49)50/h2-5,20-21,24,27-28,32,42,51H,6-19,22-23H2,1H3,(H,49,50)/t32-/m1/s1. The second kappa shape index (κ2) is 18.4. The Labute approximate surface area is 317 Å². The normalized spacial score (nSPS) is 18.6. The first kappa shape index (κ1) is 40.9. The van der Waals surface area contributed by atoms with Crippen LogP contribution >= 0.6 is 11.6 Å². The van der Waals surface area contributed by atoms with Crippen LogP contribution in [0.1, 0.15) is 42.4 Å². The second-order valence-corrected chi connectivity index (χ2v) is 14.4. The van der Waals surface area contributed by atoms with Crippen molar-refractivity contribution in [2.24, 2.45) is 0 Å². The molecule has 0 saturated carbocycles. The van der Waals surface area contributed by atoms with Gasteiger partial charge in [0.05, 0.1) is 17.1 Å². The summed E-state index contributed by atoms with van der Waals surface area (Å²) in [5.41, 5.74) is 0.650. The third-order valence-corrected chi connectivity index (χ3v) is 11.0. The molecule has 3 aliphatic heterocycles. The number of aliphatic carboxylic acids is 1. The van der Waals surface area contributed by atoms with Crippen molar-refractivity contribution >= 4 is 41.7 Å². The number of nitrogens with zero attached hydrogens (tertiary/aromatic N) is 5. The summed E-state index contributed by atoms with van der Waals surface area (Å²) in [4.78, 5) is 59.6. The third kappa shape index (κ3) is 10.5. The van der Waals surface area contributed by atoms with Crippen LogP contribution < -0.4 is 5.32 Å². The number of hydrogen-bond acceptors (Lipinski definition) is 9. The first-order valence-corrected chi connectivity index (χ1v) is 18.6. The van der Waals surface area contributed by atoms with Gasteiger partial charge in [0.25, 0.3) is 5.91 Å². The van der Waals surface area contributed by atoms with Crippen LogP contribution in [0.15, 0.2) is 36.4 Å². The topological polar surface area (TPSA) is 146 Å². The van der Waals surface area contributed by atoms with E-state index < -0.39 is 53.0 Å². The van der Waals surface area contributed by atoms with Crippen molar-refractivity contribution in [3.05, 3.63) is 58.1 Å². The molecule has 0 spiro atoms. The minimum Gasteiger partial charge on any atom is -0.506 e. The van der Waals surface area contributed by atoms with Gasteiger partial charge in [-0.15, -0.1) is 0 Å². The van der Waals surface area contributed by atoms with E-state index >= 15 is 0 Å². The maximum Gasteiger partial charge on any atom is 0.420 e. The van der Waals surface area contributed by atoms with E-state index in [4.69, 9.17) is 21.4 Å². The van der Waals surface area contributed by atoms with Crippen LogP contribution in [-0.2, 0) is 38.1 Å². The largest absolute Gasteiger partial charge is 0.506 e. The molecule has 0 unspecified atom stereocenters. The van der Waals surface area contributed by atoms with Gasteiger partial charge < -0.3 is 35.0 Å². The Morgan fingerprint density at radius 1 is 1.00 bits per heavy atom. The number of ether oxygens (including phenoxy) is 1. The van der Waals surface area contributed by atoms with Crippen molar-refractivity contribution in [1.82, 2.24) is 24.5 Å². The zero-order valence-electron chi connectivity index (χ0n) is 30.3. The second-order valence-electron chi connectivity index (χ2n) is 14.0. The van der Waals surface area contributed by atoms with Crippen molar-refractivity contribution in [1.29, 1.82) is 0 Å². The molecule has 3 amide bonds. The highest BCUT2D eigenvalue weighted by atomic mass is 35.5. The molecule has 3 heterocycles. The molecule has 3 fully saturated rings. The molecule has 296 valence electrons. The minimum absolute atomic E-state index is 0.00627. The molecule has 2 aromatic rings. The highest BCUT2D eigenvalue weighted by Gasteiger charge is 2.38. The van der Waals surface area contributed by atoms with E-state index in [0.717, 1.165) is 36.6 Å². The lowest BCUT2D eigenvalue weighted by molar-refractivity contribution is -0.143. The monoisotopic (exact) mass is 780 g/mol. The lowest BCUT2D eigenvalue weighted by Crippen LogP contribution is -2.56. The number of carboxylic acids is 1. The van der Waals surface area contributed by atoms with Gasteiger partial charge in [0.15, 0.2) is 6.10 Å². The van der Waals surface area contributed by atoms with E-state index in [1.54, 1.807) is 9.80 Å². The van der Waals surface area contributed by atoms with Crippen molar-refractivity contribution in [2.75, 3.05) is 77.8 Å². The van der Waals surface area contributed by atoms with Gasteiger partial charge in [0, 0.05) is 90.1 Å². The molecule has 0 aromatic heterocycles. The number of carbonyl (C=O) groups excluding carboxylic acids is 3. The molecule has 0 radical (unpaired) electrons. The Morgan fingerprint density at radius 2 is 1.67 bits per heavy atom. The van der Waals surface area contributed by atoms with E-state index in [9.17, 15) is 37.5 Å². The van der Waals surface area contributed by atoms with Crippen molar-refractivity contribution in [3.8, 4) is 5.75 Å². The number of piperidine rings is 2. The summed E-state index contributed by atoms with van der Waals surface area (Å²) in [6, 6.07) is 9.77. The number of aromatic hydroxyl groups is 1. The number of para-hydroxylation sites is 1. The van der Waals surface area contributed by atoms with E-state index in [2.05, 4.69) is 10.2 Å². The molecule has 13 nitrogen and oxygen atoms in total.